The van der Waals surface area contributed by atoms with Crippen molar-refractivity contribution in [3.63, 3.8) is 0 Å². The van der Waals surface area contributed by atoms with Gasteiger partial charge < -0.3 is 15.5 Å². The van der Waals surface area contributed by atoms with E-state index < -0.39 is 23.7 Å². The van der Waals surface area contributed by atoms with E-state index in [1.807, 2.05) is 31.2 Å². The number of likely N-dealkylation sites (tertiary alicyclic amines) is 1. The zero-order valence-electron chi connectivity index (χ0n) is 32.6. The highest BCUT2D eigenvalue weighted by atomic mass is 19.4. The van der Waals surface area contributed by atoms with Crippen molar-refractivity contribution in [3.8, 4) is 11.8 Å². The predicted molar refractivity (Wildman–Crippen MR) is 218 cm³/mol. The number of nitrogens with one attached hydrogen (secondary N) is 3. The molecule has 3 amide bonds. The molecular weight excluding hydrogens is 760 g/mol. The Bertz CT molecular complexity index is 2440. The Morgan fingerprint density at radius 1 is 0.898 bits per heavy atom. The second-order valence-corrected chi connectivity index (χ2v) is 15.3. The van der Waals surface area contributed by atoms with E-state index in [-0.39, 0.29) is 28.8 Å². The average molecular weight is 804 g/mol. The number of rotatable bonds is 8. The molecule has 15 heteroatoms. The van der Waals surface area contributed by atoms with Crippen molar-refractivity contribution >= 4 is 40.4 Å². The molecule has 1 atom stereocenters. The van der Waals surface area contributed by atoms with Crippen LogP contribution in [0, 0.1) is 18.8 Å². The van der Waals surface area contributed by atoms with Crippen LogP contribution in [0.2, 0.25) is 0 Å². The minimum absolute atomic E-state index is 0.0544. The number of amides is 3. The summed E-state index contributed by atoms with van der Waals surface area (Å²) in [5.74, 6) is 5.05. The van der Waals surface area contributed by atoms with Crippen molar-refractivity contribution in [1.29, 1.82) is 0 Å². The largest absolute Gasteiger partial charge is 0.418 e. The summed E-state index contributed by atoms with van der Waals surface area (Å²) in [4.78, 5) is 47.9. The van der Waals surface area contributed by atoms with E-state index in [0.29, 0.717) is 62.0 Å². The van der Waals surface area contributed by atoms with E-state index in [0.717, 1.165) is 55.4 Å². The van der Waals surface area contributed by atoms with Gasteiger partial charge >= 0.3 is 6.18 Å². The molecule has 12 nitrogen and oxygen atoms in total. The first-order valence-electron chi connectivity index (χ1n) is 19.8. The zero-order valence-corrected chi connectivity index (χ0v) is 32.6. The zero-order chi connectivity index (χ0) is 41.1. The third-order valence-electron chi connectivity index (χ3n) is 11.3. The quantitative estimate of drug-likeness (QED) is 0.134. The van der Waals surface area contributed by atoms with Crippen LogP contribution in [0.1, 0.15) is 64.0 Å². The molecule has 3 saturated heterocycles. The minimum Gasteiger partial charge on any atom is -0.374 e. The number of fused-ring (bicyclic) bond motifs is 1. The molecule has 3 N–H and O–H groups in total. The Hall–Kier alpha value is -6.24. The molecular formula is C44H44F3N9O3. The first-order valence-corrected chi connectivity index (χ1v) is 19.8. The van der Waals surface area contributed by atoms with Gasteiger partial charge in [-0.3, -0.25) is 29.5 Å². The van der Waals surface area contributed by atoms with Crippen LogP contribution >= 0.6 is 0 Å². The number of aryl methyl sites for hydroxylation is 1. The highest BCUT2D eigenvalue weighted by Crippen LogP contribution is 2.39. The van der Waals surface area contributed by atoms with Crippen LogP contribution in [-0.4, -0.2) is 93.5 Å². The molecule has 5 aromatic rings. The van der Waals surface area contributed by atoms with Gasteiger partial charge in [0.2, 0.25) is 11.8 Å². The van der Waals surface area contributed by atoms with E-state index in [9.17, 15) is 27.6 Å². The van der Waals surface area contributed by atoms with Gasteiger partial charge in [-0.1, -0.05) is 24.1 Å². The molecule has 3 aliphatic rings. The third kappa shape index (κ3) is 9.24. The highest BCUT2D eigenvalue weighted by Gasteiger charge is 2.37. The van der Waals surface area contributed by atoms with Gasteiger partial charge in [0, 0.05) is 79.6 Å². The Morgan fingerprint density at radius 3 is 2.49 bits per heavy atom. The molecule has 0 spiro atoms. The molecule has 304 valence electrons. The standard InChI is InChI=1S/C44H44F3N9O3/c1-29-7-8-32(25-31(29)9-11-36-27-48-40-6-3-17-49-56(36)40)42(58)51-34-10-13-39(37(26-34)44(45,46)47)55-22-20-54(21-23-55)35-15-18-53(19-16-35)28-30-4-2-5-33(24-30)50-38-12-14-41(57)52-43(38)59/h2-8,10,13,17,24-27,35,38,50H,12,14-16,18-23,28H2,1H3,(H,51,58)(H,52,57,59). The van der Waals surface area contributed by atoms with Crippen LogP contribution in [0.4, 0.5) is 30.2 Å². The van der Waals surface area contributed by atoms with Crippen molar-refractivity contribution in [2.24, 2.45) is 0 Å². The lowest BCUT2D eigenvalue weighted by Crippen LogP contribution is -2.53. The van der Waals surface area contributed by atoms with Crippen LogP contribution in [0.15, 0.2) is 85.2 Å². The number of alkyl halides is 3. The van der Waals surface area contributed by atoms with Gasteiger partial charge in [-0.2, -0.15) is 18.3 Å². The van der Waals surface area contributed by atoms with Crippen LogP contribution < -0.4 is 20.9 Å². The van der Waals surface area contributed by atoms with Crippen molar-refractivity contribution in [1.82, 2.24) is 29.7 Å². The number of imidazole rings is 1. The number of nitrogens with zero attached hydrogens (tertiary/aromatic N) is 6. The number of carbonyl (C=O) groups is 3. The Kier molecular flexibility index (Phi) is 11.4. The summed E-state index contributed by atoms with van der Waals surface area (Å²) in [7, 11) is 0. The summed E-state index contributed by atoms with van der Waals surface area (Å²) in [6.07, 6.45) is 1.33. The van der Waals surface area contributed by atoms with Gasteiger partial charge in [-0.05, 0) is 111 Å². The lowest BCUT2D eigenvalue weighted by atomic mass is 10.0. The molecule has 3 aliphatic heterocycles. The summed E-state index contributed by atoms with van der Waals surface area (Å²) >= 11 is 0. The van der Waals surface area contributed by atoms with Crippen molar-refractivity contribution < 1.29 is 27.6 Å². The topological polar surface area (TPSA) is 127 Å². The number of anilines is 3. The molecule has 0 radical (unpaired) electrons. The lowest BCUT2D eigenvalue weighted by Gasteiger charge is -2.43. The second kappa shape index (κ2) is 16.9. The van der Waals surface area contributed by atoms with Crippen LogP contribution in [-0.2, 0) is 22.3 Å². The van der Waals surface area contributed by atoms with E-state index >= 15 is 0 Å². The van der Waals surface area contributed by atoms with Gasteiger partial charge in [0.1, 0.15) is 11.7 Å². The fourth-order valence-electron chi connectivity index (χ4n) is 8.08. The number of piperidine rings is 2. The minimum atomic E-state index is -4.63. The van der Waals surface area contributed by atoms with E-state index in [2.05, 4.69) is 53.7 Å². The first-order chi connectivity index (χ1) is 28.5. The number of hydrogen-bond donors (Lipinski definition) is 3. The molecule has 0 saturated carbocycles. The van der Waals surface area contributed by atoms with Crippen LogP contribution in [0.3, 0.4) is 0 Å². The Balaban J connectivity index is 0.852. The second-order valence-electron chi connectivity index (χ2n) is 15.3. The summed E-state index contributed by atoms with van der Waals surface area (Å²) in [6, 6.07) is 20.5. The van der Waals surface area contributed by atoms with Gasteiger partial charge in [0.25, 0.3) is 5.91 Å². The molecule has 2 aromatic heterocycles. The Morgan fingerprint density at radius 2 is 1.71 bits per heavy atom. The highest BCUT2D eigenvalue weighted by molar-refractivity contribution is 6.05. The maximum absolute atomic E-state index is 14.5. The summed E-state index contributed by atoms with van der Waals surface area (Å²) in [6.45, 7) is 6.67. The molecule has 59 heavy (non-hydrogen) atoms. The first kappa shape index (κ1) is 39.6. The molecule has 0 aliphatic carbocycles. The third-order valence-corrected chi connectivity index (χ3v) is 11.3. The maximum atomic E-state index is 14.5. The average Bonchev–Trinajstić information content (AvgIpc) is 3.65. The van der Waals surface area contributed by atoms with Crippen molar-refractivity contribution in [2.75, 3.05) is 54.8 Å². The number of imide groups is 1. The number of aromatic nitrogens is 3. The van der Waals surface area contributed by atoms with E-state index in [1.54, 1.807) is 46.1 Å². The molecule has 3 fully saturated rings. The fraction of sp³-hybridized carbons (Fsp3) is 0.341. The molecule has 3 aromatic carbocycles. The molecule has 1 unspecified atom stereocenters. The smallest absolute Gasteiger partial charge is 0.374 e. The van der Waals surface area contributed by atoms with Gasteiger partial charge in [-0.25, -0.2) is 9.50 Å². The summed E-state index contributed by atoms with van der Waals surface area (Å²) < 4.78 is 45.3. The number of halogens is 3. The molecule has 0 bridgehead atoms. The molecule has 5 heterocycles. The molecule has 8 rings (SSSR count). The Labute approximate surface area is 339 Å². The van der Waals surface area contributed by atoms with E-state index in [1.165, 1.54) is 12.1 Å². The van der Waals surface area contributed by atoms with Gasteiger partial charge in [-0.15, -0.1) is 0 Å². The van der Waals surface area contributed by atoms with Crippen molar-refractivity contribution in [3.05, 3.63) is 119 Å². The monoisotopic (exact) mass is 803 g/mol. The fourth-order valence-corrected chi connectivity index (χ4v) is 8.08. The summed E-state index contributed by atoms with van der Waals surface area (Å²) in [5, 5.41) is 12.6. The van der Waals surface area contributed by atoms with Crippen molar-refractivity contribution in [2.45, 2.75) is 57.4 Å². The normalized spacial score (nSPS) is 18.3. The van der Waals surface area contributed by atoms with Gasteiger partial charge in [0.15, 0.2) is 5.65 Å². The van der Waals surface area contributed by atoms with Crippen LogP contribution in [0.25, 0.3) is 5.65 Å². The number of benzene rings is 3. The number of hydrogen-bond acceptors (Lipinski definition) is 9. The lowest BCUT2D eigenvalue weighted by molar-refractivity contribution is -0.137. The van der Waals surface area contributed by atoms with Crippen LogP contribution in [0.5, 0.6) is 0 Å². The summed E-state index contributed by atoms with van der Waals surface area (Å²) in [5.41, 5.74) is 4.29. The predicted octanol–water partition coefficient (Wildman–Crippen LogP) is 5.71. The van der Waals surface area contributed by atoms with Gasteiger partial charge in [0.05, 0.1) is 11.8 Å². The van der Waals surface area contributed by atoms with E-state index in [4.69, 9.17) is 0 Å². The SMILES string of the molecule is Cc1ccc(C(=O)Nc2ccc(N3CCN(C4CCN(Cc5cccc(NC6CCC(=O)NC6=O)c5)CC4)CC3)c(C(F)(F)F)c2)cc1C#Cc1cnc2cccnn12. The number of carbonyl (C=O) groups excluding carboxylic acids is 3. The number of piperazine rings is 1. The maximum Gasteiger partial charge on any atom is 0.418 e.